The highest BCUT2D eigenvalue weighted by Crippen LogP contribution is 2.23. The van der Waals surface area contributed by atoms with Crippen molar-refractivity contribution in [2.75, 3.05) is 38.1 Å². The van der Waals surface area contributed by atoms with Crippen LogP contribution >= 0.6 is 0 Å². The Labute approximate surface area is 150 Å². The normalized spacial score (nSPS) is 11.3. The van der Waals surface area contributed by atoms with Crippen molar-refractivity contribution in [3.63, 3.8) is 0 Å². The molecule has 0 saturated carbocycles. The Morgan fingerprint density at radius 3 is 2.36 bits per heavy atom. The number of nitrogens with zero attached hydrogens (tertiary/aromatic N) is 1. The van der Waals surface area contributed by atoms with Crippen LogP contribution in [-0.2, 0) is 9.59 Å². The first-order valence-electron chi connectivity index (χ1n) is 8.80. The Morgan fingerprint density at radius 2 is 1.76 bits per heavy atom. The summed E-state index contributed by atoms with van der Waals surface area (Å²) in [7, 11) is 0. The van der Waals surface area contributed by atoms with Gasteiger partial charge in [-0.3, -0.25) is 9.59 Å². The molecule has 0 saturated heterocycles. The number of amides is 2. The van der Waals surface area contributed by atoms with Crippen molar-refractivity contribution in [3.05, 3.63) is 24.3 Å². The van der Waals surface area contributed by atoms with E-state index in [0.29, 0.717) is 18.0 Å². The Balaban J connectivity index is 2.55. The van der Waals surface area contributed by atoms with Crippen LogP contribution < -0.4 is 15.4 Å². The summed E-state index contributed by atoms with van der Waals surface area (Å²) >= 11 is 0. The van der Waals surface area contributed by atoms with E-state index in [2.05, 4.69) is 29.4 Å². The zero-order chi connectivity index (χ0) is 18.9. The molecule has 0 fully saturated rings. The van der Waals surface area contributed by atoms with Crippen LogP contribution in [0.25, 0.3) is 0 Å². The van der Waals surface area contributed by atoms with Crippen LogP contribution in [0.4, 0.5) is 5.69 Å². The van der Waals surface area contributed by atoms with E-state index < -0.39 is 5.41 Å². The van der Waals surface area contributed by atoms with Crippen molar-refractivity contribution in [1.29, 1.82) is 0 Å². The number of carbonyl (C=O) groups excluding carboxylic acids is 2. The zero-order valence-electron chi connectivity index (χ0n) is 16.0. The van der Waals surface area contributed by atoms with Crippen molar-refractivity contribution >= 4 is 17.5 Å². The number of carbonyl (C=O) groups is 2. The van der Waals surface area contributed by atoms with E-state index in [1.807, 2.05) is 18.2 Å². The fourth-order valence-electron chi connectivity index (χ4n) is 2.14. The molecule has 0 aliphatic carbocycles. The summed E-state index contributed by atoms with van der Waals surface area (Å²) in [6.07, 6.45) is 0. The third kappa shape index (κ3) is 7.56. The van der Waals surface area contributed by atoms with E-state index in [9.17, 15) is 9.59 Å². The van der Waals surface area contributed by atoms with Gasteiger partial charge >= 0.3 is 0 Å². The lowest BCUT2D eigenvalue weighted by Gasteiger charge is -2.19. The summed E-state index contributed by atoms with van der Waals surface area (Å²) in [5, 5.41) is 5.43. The van der Waals surface area contributed by atoms with Gasteiger partial charge in [-0.25, -0.2) is 0 Å². The van der Waals surface area contributed by atoms with Crippen molar-refractivity contribution in [3.8, 4) is 5.75 Å². The van der Waals surface area contributed by atoms with Crippen molar-refractivity contribution < 1.29 is 14.3 Å². The number of hydrogen-bond acceptors (Lipinski definition) is 4. The van der Waals surface area contributed by atoms with Gasteiger partial charge in [0.05, 0.1) is 12.2 Å². The zero-order valence-corrected chi connectivity index (χ0v) is 16.0. The fourth-order valence-corrected chi connectivity index (χ4v) is 2.14. The lowest BCUT2D eigenvalue weighted by molar-refractivity contribution is -0.130. The van der Waals surface area contributed by atoms with Gasteiger partial charge in [0.1, 0.15) is 12.4 Å². The van der Waals surface area contributed by atoms with E-state index in [1.54, 1.807) is 26.8 Å². The highest BCUT2D eigenvalue weighted by molar-refractivity contribution is 5.96. The molecular weight excluding hydrogens is 318 g/mol. The Kier molecular flexibility index (Phi) is 8.41. The van der Waals surface area contributed by atoms with Crippen LogP contribution in [0.3, 0.4) is 0 Å². The first-order valence-corrected chi connectivity index (χ1v) is 8.80. The number of hydrogen-bond donors (Lipinski definition) is 2. The maximum absolute atomic E-state index is 12.1. The summed E-state index contributed by atoms with van der Waals surface area (Å²) in [6.45, 7) is 12.9. The third-order valence-electron chi connectivity index (χ3n) is 3.81. The van der Waals surface area contributed by atoms with Crippen LogP contribution in [0, 0.1) is 5.41 Å². The van der Waals surface area contributed by atoms with E-state index >= 15 is 0 Å². The highest BCUT2D eigenvalue weighted by Gasteiger charge is 2.21. The van der Waals surface area contributed by atoms with E-state index in [4.69, 9.17) is 4.74 Å². The number of likely N-dealkylation sites (N-methyl/N-ethyl adjacent to an activating group) is 1. The average molecular weight is 349 g/mol. The van der Waals surface area contributed by atoms with Crippen molar-refractivity contribution in [2.24, 2.45) is 5.41 Å². The minimum Gasteiger partial charge on any atom is -0.490 e. The molecule has 0 heterocycles. The highest BCUT2D eigenvalue weighted by atomic mass is 16.5. The van der Waals surface area contributed by atoms with Gasteiger partial charge in [-0.1, -0.05) is 46.8 Å². The van der Waals surface area contributed by atoms with E-state index in [1.165, 1.54) is 0 Å². The van der Waals surface area contributed by atoms with Crippen LogP contribution in [0.15, 0.2) is 24.3 Å². The molecule has 2 N–H and O–H groups in total. The lowest BCUT2D eigenvalue weighted by atomic mass is 9.96. The van der Waals surface area contributed by atoms with E-state index in [0.717, 1.165) is 19.6 Å². The fraction of sp³-hybridized carbons (Fsp3) is 0.579. The van der Waals surface area contributed by atoms with Gasteiger partial charge in [0, 0.05) is 12.0 Å². The quantitative estimate of drug-likeness (QED) is 0.719. The molecule has 1 aromatic carbocycles. The van der Waals surface area contributed by atoms with E-state index in [-0.39, 0.29) is 18.4 Å². The summed E-state index contributed by atoms with van der Waals surface area (Å²) < 4.78 is 5.81. The lowest BCUT2D eigenvalue weighted by Crippen LogP contribution is -2.39. The second kappa shape index (κ2) is 10.0. The molecule has 0 aliphatic heterocycles. The first kappa shape index (κ1) is 21.0. The SMILES string of the molecule is CCN(CC)CCOc1ccccc1NC(=O)CNC(=O)C(C)(C)C. The molecule has 0 radical (unpaired) electrons. The van der Waals surface area contributed by atoms with Crippen LogP contribution in [0.1, 0.15) is 34.6 Å². The minimum absolute atomic E-state index is 0.0656. The number of nitrogens with one attached hydrogen (secondary N) is 2. The molecule has 0 unspecified atom stereocenters. The third-order valence-corrected chi connectivity index (χ3v) is 3.81. The standard InChI is InChI=1S/C19H31N3O3/c1-6-22(7-2)12-13-25-16-11-9-8-10-15(16)21-17(23)14-20-18(24)19(3,4)5/h8-11H,6-7,12-14H2,1-5H3,(H,20,24)(H,21,23). The maximum Gasteiger partial charge on any atom is 0.243 e. The first-order chi connectivity index (χ1) is 11.8. The second-order valence-corrected chi connectivity index (χ2v) is 6.85. The van der Waals surface area contributed by atoms with Gasteiger partial charge in [-0.05, 0) is 25.2 Å². The molecule has 0 aliphatic rings. The second-order valence-electron chi connectivity index (χ2n) is 6.85. The predicted molar refractivity (Wildman–Crippen MR) is 101 cm³/mol. The average Bonchev–Trinajstić information content (AvgIpc) is 2.57. The predicted octanol–water partition coefficient (Wildman–Crippen LogP) is 2.51. The molecular formula is C19H31N3O3. The largest absolute Gasteiger partial charge is 0.490 e. The van der Waals surface area contributed by atoms with Crippen molar-refractivity contribution in [1.82, 2.24) is 10.2 Å². The monoisotopic (exact) mass is 349 g/mol. The molecule has 2 amide bonds. The van der Waals surface area contributed by atoms with Crippen LogP contribution in [0.5, 0.6) is 5.75 Å². The number of anilines is 1. The van der Waals surface area contributed by atoms with Gasteiger partial charge in [0.15, 0.2) is 0 Å². The molecule has 0 aromatic heterocycles. The molecule has 140 valence electrons. The van der Waals surface area contributed by atoms with Gasteiger partial charge < -0.3 is 20.3 Å². The van der Waals surface area contributed by atoms with Crippen molar-refractivity contribution in [2.45, 2.75) is 34.6 Å². The summed E-state index contributed by atoms with van der Waals surface area (Å²) in [5.74, 6) is 0.189. The number of benzene rings is 1. The smallest absolute Gasteiger partial charge is 0.243 e. The number of rotatable bonds is 9. The molecule has 6 heteroatoms. The summed E-state index contributed by atoms with van der Waals surface area (Å²) in [4.78, 5) is 26.2. The molecule has 1 rings (SSSR count). The Hall–Kier alpha value is -2.08. The van der Waals surface area contributed by atoms with Crippen LogP contribution in [0.2, 0.25) is 0 Å². The minimum atomic E-state index is -0.522. The van der Waals surface area contributed by atoms with Gasteiger partial charge in [-0.2, -0.15) is 0 Å². The van der Waals surface area contributed by atoms with Gasteiger partial charge in [-0.15, -0.1) is 0 Å². The van der Waals surface area contributed by atoms with Gasteiger partial charge in [0.25, 0.3) is 0 Å². The molecule has 0 bridgehead atoms. The molecule has 1 aromatic rings. The maximum atomic E-state index is 12.1. The summed E-state index contributed by atoms with van der Waals surface area (Å²) in [6, 6.07) is 7.31. The molecule has 0 atom stereocenters. The number of para-hydroxylation sites is 2. The Morgan fingerprint density at radius 1 is 1.12 bits per heavy atom. The topological polar surface area (TPSA) is 70.7 Å². The van der Waals surface area contributed by atoms with Crippen LogP contribution in [-0.4, -0.2) is 49.5 Å². The molecule has 0 spiro atoms. The number of ether oxygens (including phenoxy) is 1. The molecule has 25 heavy (non-hydrogen) atoms. The van der Waals surface area contributed by atoms with Gasteiger partial charge in [0.2, 0.25) is 11.8 Å². The Bertz CT molecular complexity index is 563. The molecule has 6 nitrogen and oxygen atoms in total. The summed E-state index contributed by atoms with van der Waals surface area (Å²) in [5.41, 5.74) is 0.0863.